The molecule has 0 radical (unpaired) electrons. The summed E-state index contributed by atoms with van der Waals surface area (Å²) in [5, 5.41) is 18.6. The number of hydrogen-bond donors (Lipinski definition) is 3. The lowest BCUT2D eigenvalue weighted by atomic mass is 10.1. The normalized spacial score (nSPS) is 10.3. The minimum atomic E-state index is -1.08. The van der Waals surface area contributed by atoms with Gasteiger partial charge in [-0.25, -0.2) is 4.79 Å². The lowest BCUT2D eigenvalue weighted by molar-refractivity contribution is 0.0696. The third-order valence-corrected chi connectivity index (χ3v) is 2.94. The van der Waals surface area contributed by atoms with Crippen LogP contribution in [0.3, 0.4) is 0 Å². The number of aromatic carboxylic acids is 1. The number of carboxylic acid groups (broad SMARTS) is 1. The van der Waals surface area contributed by atoms with E-state index in [1.54, 1.807) is 6.07 Å². The fourth-order valence-corrected chi connectivity index (χ4v) is 1.86. The SMILES string of the molecule is NC(=O)c1n[nH]nc1-c1cc(C(=O)O)ccc1Br. The summed E-state index contributed by atoms with van der Waals surface area (Å²) in [7, 11) is 0. The van der Waals surface area contributed by atoms with E-state index in [4.69, 9.17) is 10.8 Å². The van der Waals surface area contributed by atoms with Crippen LogP contribution in [0.4, 0.5) is 0 Å². The van der Waals surface area contributed by atoms with Gasteiger partial charge in [0.15, 0.2) is 5.69 Å². The molecule has 92 valence electrons. The smallest absolute Gasteiger partial charge is 0.335 e. The molecule has 8 heteroatoms. The zero-order chi connectivity index (χ0) is 13.3. The number of primary amides is 1. The van der Waals surface area contributed by atoms with Gasteiger partial charge in [0.1, 0.15) is 5.69 Å². The first-order valence-corrected chi connectivity index (χ1v) is 5.53. The van der Waals surface area contributed by atoms with Gasteiger partial charge in [-0.2, -0.15) is 15.4 Å². The first-order valence-electron chi connectivity index (χ1n) is 4.74. The first-order chi connectivity index (χ1) is 8.50. The number of carbonyl (C=O) groups is 2. The van der Waals surface area contributed by atoms with Crippen molar-refractivity contribution >= 4 is 27.8 Å². The largest absolute Gasteiger partial charge is 0.478 e. The molecule has 0 atom stereocenters. The molecule has 7 nitrogen and oxygen atoms in total. The Labute approximate surface area is 109 Å². The summed E-state index contributed by atoms with van der Waals surface area (Å²) in [6.07, 6.45) is 0. The molecule has 2 rings (SSSR count). The van der Waals surface area contributed by atoms with Gasteiger partial charge in [-0.3, -0.25) is 4.79 Å². The Kier molecular flexibility index (Phi) is 3.11. The summed E-state index contributed by atoms with van der Waals surface area (Å²) in [6, 6.07) is 4.37. The summed E-state index contributed by atoms with van der Waals surface area (Å²) in [6.45, 7) is 0. The standard InChI is InChI=1S/C10H7BrN4O3/c11-6-2-1-4(10(17)18)3-5(6)7-8(9(12)16)14-15-13-7/h1-3H,(H2,12,16)(H,17,18)(H,13,14,15). The minimum Gasteiger partial charge on any atom is -0.478 e. The maximum absolute atomic E-state index is 11.2. The van der Waals surface area contributed by atoms with Crippen molar-refractivity contribution in [3.05, 3.63) is 33.9 Å². The van der Waals surface area contributed by atoms with Crippen molar-refractivity contribution in [2.75, 3.05) is 0 Å². The van der Waals surface area contributed by atoms with Gasteiger partial charge in [-0.1, -0.05) is 15.9 Å². The summed E-state index contributed by atoms with van der Waals surface area (Å²) < 4.78 is 0.587. The van der Waals surface area contributed by atoms with Crippen LogP contribution in [0.5, 0.6) is 0 Å². The van der Waals surface area contributed by atoms with E-state index in [1.165, 1.54) is 12.1 Å². The number of nitrogens with two attached hydrogens (primary N) is 1. The van der Waals surface area contributed by atoms with Gasteiger partial charge in [-0.05, 0) is 18.2 Å². The van der Waals surface area contributed by atoms with Crippen LogP contribution in [-0.4, -0.2) is 32.4 Å². The number of rotatable bonds is 3. The number of hydrogen-bond acceptors (Lipinski definition) is 4. The number of H-pyrrole nitrogens is 1. The first kappa shape index (κ1) is 12.2. The Morgan fingerprint density at radius 3 is 2.67 bits per heavy atom. The van der Waals surface area contributed by atoms with Crippen LogP contribution in [0, 0.1) is 0 Å². The van der Waals surface area contributed by atoms with Crippen molar-refractivity contribution in [3.63, 3.8) is 0 Å². The summed E-state index contributed by atoms with van der Waals surface area (Å²) in [5.74, 6) is -1.82. The third kappa shape index (κ3) is 2.09. The predicted molar refractivity (Wildman–Crippen MR) is 65.0 cm³/mol. The van der Waals surface area contributed by atoms with Crippen molar-refractivity contribution in [3.8, 4) is 11.3 Å². The van der Waals surface area contributed by atoms with Crippen molar-refractivity contribution in [1.29, 1.82) is 0 Å². The molecule has 0 aliphatic carbocycles. The molecule has 0 fully saturated rings. The topological polar surface area (TPSA) is 122 Å². The van der Waals surface area contributed by atoms with Gasteiger partial charge in [0.2, 0.25) is 0 Å². The maximum atomic E-state index is 11.2. The molecule has 0 saturated carbocycles. The summed E-state index contributed by atoms with van der Waals surface area (Å²) in [4.78, 5) is 22.1. The van der Waals surface area contributed by atoms with Crippen LogP contribution in [0.1, 0.15) is 20.8 Å². The molecule has 1 aromatic heterocycles. The van der Waals surface area contributed by atoms with E-state index in [1.807, 2.05) is 0 Å². The summed E-state index contributed by atoms with van der Waals surface area (Å²) >= 11 is 3.26. The number of benzene rings is 1. The van der Waals surface area contributed by atoms with E-state index in [9.17, 15) is 9.59 Å². The monoisotopic (exact) mass is 310 g/mol. The molecule has 18 heavy (non-hydrogen) atoms. The van der Waals surface area contributed by atoms with E-state index in [2.05, 4.69) is 31.3 Å². The highest BCUT2D eigenvalue weighted by molar-refractivity contribution is 9.10. The quantitative estimate of drug-likeness (QED) is 0.781. The Morgan fingerprint density at radius 1 is 1.33 bits per heavy atom. The highest BCUT2D eigenvalue weighted by Crippen LogP contribution is 2.29. The average molecular weight is 311 g/mol. The highest BCUT2D eigenvalue weighted by Gasteiger charge is 2.18. The molecule has 0 saturated heterocycles. The Bertz CT molecular complexity index is 638. The van der Waals surface area contributed by atoms with Crippen LogP contribution in [0.2, 0.25) is 0 Å². The number of carbonyl (C=O) groups excluding carboxylic acids is 1. The third-order valence-electron chi connectivity index (χ3n) is 2.25. The van der Waals surface area contributed by atoms with Gasteiger partial charge < -0.3 is 10.8 Å². The second-order valence-corrected chi connectivity index (χ2v) is 4.24. The molecule has 0 spiro atoms. The number of carboxylic acids is 1. The van der Waals surface area contributed by atoms with Gasteiger partial charge in [0.25, 0.3) is 5.91 Å². The molecule has 0 unspecified atom stereocenters. The van der Waals surface area contributed by atoms with Crippen molar-refractivity contribution in [2.24, 2.45) is 5.73 Å². The van der Waals surface area contributed by atoms with E-state index in [-0.39, 0.29) is 17.0 Å². The zero-order valence-electron chi connectivity index (χ0n) is 8.85. The van der Waals surface area contributed by atoms with Gasteiger partial charge >= 0.3 is 5.97 Å². The molecular weight excluding hydrogens is 304 g/mol. The number of aromatic nitrogens is 3. The molecule has 0 aliphatic heterocycles. The second kappa shape index (κ2) is 4.57. The van der Waals surface area contributed by atoms with Gasteiger partial charge in [0, 0.05) is 10.0 Å². The lowest BCUT2D eigenvalue weighted by Crippen LogP contribution is -2.13. The number of amides is 1. The van der Waals surface area contributed by atoms with E-state index in [0.29, 0.717) is 10.0 Å². The van der Waals surface area contributed by atoms with Gasteiger partial charge in [0.05, 0.1) is 5.56 Å². The van der Waals surface area contributed by atoms with Gasteiger partial charge in [-0.15, -0.1) is 0 Å². The minimum absolute atomic E-state index is 0.0433. The van der Waals surface area contributed by atoms with Crippen molar-refractivity contribution in [1.82, 2.24) is 15.4 Å². The molecule has 4 N–H and O–H groups in total. The van der Waals surface area contributed by atoms with Crippen LogP contribution >= 0.6 is 15.9 Å². The average Bonchev–Trinajstić information content (AvgIpc) is 2.78. The highest BCUT2D eigenvalue weighted by atomic mass is 79.9. The number of halogens is 1. The molecule has 1 heterocycles. The Balaban J connectivity index is 2.63. The fourth-order valence-electron chi connectivity index (χ4n) is 1.43. The summed E-state index contributed by atoms with van der Waals surface area (Å²) in [5.41, 5.74) is 5.82. The van der Waals surface area contributed by atoms with Crippen LogP contribution in [-0.2, 0) is 0 Å². The van der Waals surface area contributed by atoms with Crippen LogP contribution in [0.15, 0.2) is 22.7 Å². The lowest BCUT2D eigenvalue weighted by Gasteiger charge is -2.03. The Hall–Kier alpha value is -2.22. The molecule has 0 aliphatic rings. The molecule has 0 bridgehead atoms. The molecule has 1 amide bonds. The molecular formula is C10H7BrN4O3. The number of aromatic amines is 1. The Morgan fingerprint density at radius 2 is 2.06 bits per heavy atom. The van der Waals surface area contributed by atoms with Crippen molar-refractivity contribution in [2.45, 2.75) is 0 Å². The van der Waals surface area contributed by atoms with Crippen molar-refractivity contribution < 1.29 is 14.7 Å². The van der Waals surface area contributed by atoms with Crippen LogP contribution in [0.25, 0.3) is 11.3 Å². The number of nitrogens with one attached hydrogen (secondary N) is 1. The van der Waals surface area contributed by atoms with Crippen LogP contribution < -0.4 is 5.73 Å². The molecule has 2 aromatic rings. The molecule has 1 aromatic carbocycles. The number of nitrogens with zero attached hydrogens (tertiary/aromatic N) is 2. The van der Waals surface area contributed by atoms with E-state index < -0.39 is 11.9 Å². The maximum Gasteiger partial charge on any atom is 0.335 e. The fraction of sp³-hybridized carbons (Fsp3) is 0. The van der Waals surface area contributed by atoms with E-state index >= 15 is 0 Å². The predicted octanol–water partition coefficient (Wildman–Crippen LogP) is 1.03. The zero-order valence-corrected chi connectivity index (χ0v) is 10.4. The second-order valence-electron chi connectivity index (χ2n) is 3.38. The van der Waals surface area contributed by atoms with E-state index in [0.717, 1.165) is 0 Å².